The van der Waals surface area contributed by atoms with Crippen LogP contribution in [0.25, 0.3) is 5.57 Å². The number of carboxylic acid groups (broad SMARTS) is 1. The van der Waals surface area contributed by atoms with Gasteiger partial charge < -0.3 is 19.3 Å². The molecule has 0 aromatic heterocycles. The maximum atomic E-state index is 12.3. The number of esters is 1. The van der Waals surface area contributed by atoms with Crippen LogP contribution in [0.15, 0.2) is 54.1 Å². The maximum Gasteiger partial charge on any atom is 0.334 e. The summed E-state index contributed by atoms with van der Waals surface area (Å²) in [4.78, 5) is 23.6. The van der Waals surface area contributed by atoms with E-state index in [1.54, 1.807) is 30.3 Å². The average Bonchev–Trinajstić information content (AvgIpc) is 2.67. The zero-order valence-electron chi connectivity index (χ0n) is 14.8. The van der Waals surface area contributed by atoms with Crippen molar-refractivity contribution in [3.63, 3.8) is 0 Å². The predicted octanol–water partition coefficient (Wildman–Crippen LogP) is 3.15. The lowest BCUT2D eigenvalue weighted by Gasteiger charge is -2.16. The van der Waals surface area contributed by atoms with E-state index >= 15 is 0 Å². The third-order valence-electron chi connectivity index (χ3n) is 3.80. The number of hydrogen-bond donors (Lipinski definition) is 1. The molecule has 0 unspecified atom stereocenters. The fourth-order valence-electron chi connectivity index (χ4n) is 2.65. The molecule has 2 aromatic rings. The van der Waals surface area contributed by atoms with Crippen LogP contribution < -0.4 is 9.47 Å². The first-order valence-electron chi connectivity index (χ1n) is 7.82. The van der Waals surface area contributed by atoms with Crippen LogP contribution in [0.1, 0.15) is 17.5 Å². The number of aliphatic carboxylic acids is 1. The first kappa shape index (κ1) is 19.1. The third kappa shape index (κ3) is 4.22. The zero-order chi connectivity index (χ0) is 19.1. The van der Waals surface area contributed by atoms with Crippen molar-refractivity contribution in [2.45, 2.75) is 6.42 Å². The minimum absolute atomic E-state index is 0.0541. The molecule has 26 heavy (non-hydrogen) atoms. The van der Waals surface area contributed by atoms with Gasteiger partial charge in [0.2, 0.25) is 0 Å². The monoisotopic (exact) mass is 356 g/mol. The molecule has 0 fully saturated rings. The molecule has 0 radical (unpaired) electrons. The highest BCUT2D eigenvalue weighted by Gasteiger charge is 2.22. The summed E-state index contributed by atoms with van der Waals surface area (Å²) in [5.41, 5.74) is 1.84. The number of carbonyl (C=O) groups is 2. The van der Waals surface area contributed by atoms with Gasteiger partial charge >= 0.3 is 11.9 Å². The van der Waals surface area contributed by atoms with Crippen LogP contribution in [0.4, 0.5) is 0 Å². The van der Waals surface area contributed by atoms with E-state index in [9.17, 15) is 14.7 Å². The van der Waals surface area contributed by atoms with Gasteiger partial charge in [0.25, 0.3) is 0 Å². The number of benzene rings is 2. The Morgan fingerprint density at radius 3 is 2.08 bits per heavy atom. The fraction of sp³-hybridized carbons (Fsp3) is 0.200. The van der Waals surface area contributed by atoms with Gasteiger partial charge in [-0.1, -0.05) is 36.4 Å². The average molecular weight is 356 g/mol. The highest BCUT2D eigenvalue weighted by atomic mass is 16.5. The van der Waals surface area contributed by atoms with Crippen LogP contribution in [0.2, 0.25) is 0 Å². The smallest absolute Gasteiger partial charge is 0.334 e. The van der Waals surface area contributed by atoms with E-state index in [0.717, 1.165) is 0 Å². The molecule has 0 bridgehead atoms. The molecule has 0 saturated carbocycles. The van der Waals surface area contributed by atoms with Gasteiger partial charge in [-0.25, -0.2) is 4.79 Å². The number of rotatable bonds is 7. The molecule has 6 nitrogen and oxygen atoms in total. The van der Waals surface area contributed by atoms with Crippen LogP contribution >= 0.6 is 0 Å². The standard InChI is InChI=1S/C20H20O6/c1-24-16-10-9-14(11-17(16)25-2)19(13-7-5-4-6-8-13)15(12-18(21)22)20(23)26-3/h4-11H,12H2,1-3H3,(H,21,22)/b19-15-. The minimum atomic E-state index is -1.13. The number of carboxylic acids is 1. The zero-order valence-corrected chi connectivity index (χ0v) is 14.8. The molecule has 0 spiro atoms. The SMILES string of the molecule is COC(=O)/C(CC(=O)O)=C(/c1ccccc1)c1ccc(OC)c(OC)c1. The van der Waals surface area contributed by atoms with Crippen LogP contribution in [-0.4, -0.2) is 38.4 Å². The lowest BCUT2D eigenvalue weighted by Crippen LogP contribution is -2.12. The summed E-state index contributed by atoms with van der Waals surface area (Å²) in [6.45, 7) is 0. The Morgan fingerprint density at radius 1 is 0.885 bits per heavy atom. The second kappa shape index (κ2) is 8.71. The van der Waals surface area contributed by atoms with Gasteiger partial charge in [0.1, 0.15) is 0 Å². The molecule has 6 heteroatoms. The summed E-state index contributed by atoms with van der Waals surface area (Å²) in [5.74, 6) is -0.820. The van der Waals surface area contributed by atoms with Gasteiger partial charge in [0, 0.05) is 5.57 Å². The summed E-state index contributed by atoms with van der Waals surface area (Å²) < 4.78 is 15.4. The Hall–Kier alpha value is -3.28. The predicted molar refractivity (Wildman–Crippen MR) is 96.3 cm³/mol. The molecule has 0 aliphatic heterocycles. The largest absolute Gasteiger partial charge is 0.493 e. The molecular weight excluding hydrogens is 336 g/mol. The van der Waals surface area contributed by atoms with E-state index in [1.807, 2.05) is 18.2 Å². The Balaban J connectivity index is 2.78. The molecular formula is C20H20O6. The van der Waals surface area contributed by atoms with E-state index in [2.05, 4.69) is 0 Å². The molecule has 0 amide bonds. The third-order valence-corrected chi connectivity index (χ3v) is 3.80. The first-order chi connectivity index (χ1) is 12.5. The topological polar surface area (TPSA) is 82.1 Å². The van der Waals surface area contributed by atoms with Crippen molar-refractivity contribution in [1.29, 1.82) is 0 Å². The van der Waals surface area contributed by atoms with Gasteiger partial charge in [0.15, 0.2) is 11.5 Å². The second-order valence-corrected chi connectivity index (χ2v) is 5.35. The quantitative estimate of drug-likeness (QED) is 0.606. The molecule has 0 aliphatic rings. The first-order valence-corrected chi connectivity index (χ1v) is 7.82. The van der Waals surface area contributed by atoms with Crippen molar-refractivity contribution < 1.29 is 28.9 Å². The van der Waals surface area contributed by atoms with Crippen molar-refractivity contribution in [2.24, 2.45) is 0 Å². The van der Waals surface area contributed by atoms with E-state index in [0.29, 0.717) is 28.2 Å². The number of methoxy groups -OCH3 is 3. The normalized spacial score (nSPS) is 11.3. The molecule has 0 atom stereocenters. The van der Waals surface area contributed by atoms with Crippen LogP contribution in [0, 0.1) is 0 Å². The molecule has 0 saturated heterocycles. The summed E-state index contributed by atoms with van der Waals surface area (Å²) in [6, 6.07) is 14.2. The Labute approximate surface area is 151 Å². The van der Waals surface area contributed by atoms with E-state index < -0.39 is 18.4 Å². The van der Waals surface area contributed by atoms with Crippen molar-refractivity contribution in [1.82, 2.24) is 0 Å². The van der Waals surface area contributed by atoms with Gasteiger partial charge in [-0.2, -0.15) is 0 Å². The minimum Gasteiger partial charge on any atom is -0.493 e. The molecule has 2 aromatic carbocycles. The summed E-state index contributed by atoms with van der Waals surface area (Å²) in [5, 5.41) is 9.27. The molecule has 136 valence electrons. The number of carbonyl (C=O) groups excluding carboxylic acids is 1. The maximum absolute atomic E-state index is 12.3. The lowest BCUT2D eigenvalue weighted by molar-refractivity contribution is -0.141. The highest BCUT2D eigenvalue weighted by Crippen LogP contribution is 2.35. The summed E-state index contributed by atoms with van der Waals surface area (Å²) in [7, 11) is 4.25. The molecule has 1 N–H and O–H groups in total. The second-order valence-electron chi connectivity index (χ2n) is 5.35. The Kier molecular flexibility index (Phi) is 6.38. The van der Waals surface area contributed by atoms with Crippen LogP contribution in [0.5, 0.6) is 11.5 Å². The van der Waals surface area contributed by atoms with Crippen LogP contribution in [0.3, 0.4) is 0 Å². The van der Waals surface area contributed by atoms with Crippen LogP contribution in [-0.2, 0) is 14.3 Å². The van der Waals surface area contributed by atoms with Gasteiger partial charge in [-0.3, -0.25) is 4.79 Å². The summed E-state index contributed by atoms with van der Waals surface area (Å²) >= 11 is 0. The van der Waals surface area contributed by atoms with E-state index in [4.69, 9.17) is 14.2 Å². The molecule has 0 heterocycles. The molecule has 2 rings (SSSR count). The molecule has 0 aliphatic carbocycles. The van der Waals surface area contributed by atoms with Gasteiger partial charge in [0.05, 0.1) is 33.3 Å². The van der Waals surface area contributed by atoms with Crippen molar-refractivity contribution in [3.8, 4) is 11.5 Å². The summed E-state index contributed by atoms with van der Waals surface area (Å²) in [6.07, 6.45) is -0.467. The van der Waals surface area contributed by atoms with Gasteiger partial charge in [-0.15, -0.1) is 0 Å². The Morgan fingerprint density at radius 2 is 1.54 bits per heavy atom. The fourth-order valence-corrected chi connectivity index (χ4v) is 2.65. The number of hydrogen-bond acceptors (Lipinski definition) is 5. The van der Waals surface area contributed by atoms with Crippen molar-refractivity contribution in [3.05, 3.63) is 65.2 Å². The van der Waals surface area contributed by atoms with Gasteiger partial charge in [-0.05, 0) is 23.3 Å². The van der Waals surface area contributed by atoms with Crippen molar-refractivity contribution in [2.75, 3.05) is 21.3 Å². The van der Waals surface area contributed by atoms with E-state index in [-0.39, 0.29) is 5.57 Å². The van der Waals surface area contributed by atoms with E-state index in [1.165, 1.54) is 21.3 Å². The number of ether oxygens (including phenoxy) is 3. The highest BCUT2D eigenvalue weighted by molar-refractivity contribution is 6.04. The lowest BCUT2D eigenvalue weighted by atomic mass is 9.91. The Bertz CT molecular complexity index is 823. The van der Waals surface area contributed by atoms with Crippen molar-refractivity contribution >= 4 is 17.5 Å².